The summed E-state index contributed by atoms with van der Waals surface area (Å²) >= 11 is 0. The maximum atomic E-state index is 4.48. The van der Waals surface area contributed by atoms with E-state index >= 15 is 0 Å². The van der Waals surface area contributed by atoms with Crippen LogP contribution in [0, 0.1) is 6.92 Å². The minimum absolute atomic E-state index is 0.392. The van der Waals surface area contributed by atoms with E-state index in [0.717, 1.165) is 17.1 Å². The van der Waals surface area contributed by atoms with E-state index in [1.54, 1.807) is 6.20 Å². The van der Waals surface area contributed by atoms with Gasteiger partial charge in [0.15, 0.2) is 0 Å². The first-order valence-electron chi connectivity index (χ1n) is 6.01. The van der Waals surface area contributed by atoms with Crippen molar-refractivity contribution in [2.45, 2.75) is 33.2 Å². The Morgan fingerprint density at radius 3 is 2.78 bits per heavy atom. The topological polar surface area (TPSA) is 63.6 Å². The third-order valence-corrected chi connectivity index (χ3v) is 2.52. The van der Waals surface area contributed by atoms with Crippen LogP contribution in [-0.2, 0) is 6.54 Å². The molecule has 0 saturated heterocycles. The van der Waals surface area contributed by atoms with Gasteiger partial charge in [0.1, 0.15) is 0 Å². The van der Waals surface area contributed by atoms with Crippen molar-refractivity contribution in [1.82, 2.24) is 20.2 Å². The Hall–Kier alpha value is -2.04. The van der Waals surface area contributed by atoms with Crippen LogP contribution in [-0.4, -0.2) is 20.2 Å². The van der Waals surface area contributed by atoms with Crippen LogP contribution in [0.3, 0.4) is 0 Å². The van der Waals surface area contributed by atoms with E-state index in [-0.39, 0.29) is 0 Å². The zero-order chi connectivity index (χ0) is 13.0. The van der Waals surface area contributed by atoms with E-state index in [4.69, 9.17) is 0 Å². The number of hydrogen-bond donors (Lipinski definition) is 1. The van der Waals surface area contributed by atoms with Gasteiger partial charge in [0, 0.05) is 17.6 Å². The molecule has 2 rings (SSSR count). The average molecular weight is 243 g/mol. The van der Waals surface area contributed by atoms with Crippen molar-refractivity contribution in [3.8, 4) is 0 Å². The molecule has 0 aromatic carbocycles. The highest BCUT2D eigenvalue weighted by atomic mass is 15.1. The van der Waals surface area contributed by atoms with Crippen molar-refractivity contribution >= 4 is 5.95 Å². The highest BCUT2D eigenvalue weighted by Gasteiger charge is 2.05. The fourth-order valence-electron chi connectivity index (χ4n) is 1.57. The molecule has 1 N–H and O–H groups in total. The summed E-state index contributed by atoms with van der Waals surface area (Å²) in [6, 6.07) is 5.79. The molecule has 0 spiro atoms. The van der Waals surface area contributed by atoms with Gasteiger partial charge in [0.25, 0.3) is 0 Å². The Balaban J connectivity index is 2.10. The van der Waals surface area contributed by atoms with Crippen molar-refractivity contribution < 1.29 is 0 Å². The van der Waals surface area contributed by atoms with E-state index < -0.39 is 0 Å². The molecule has 0 aliphatic heterocycles. The minimum atomic E-state index is 0.392. The first-order valence-corrected chi connectivity index (χ1v) is 6.01. The summed E-state index contributed by atoms with van der Waals surface area (Å²) < 4.78 is 0. The van der Waals surface area contributed by atoms with Crippen LogP contribution in [0.2, 0.25) is 0 Å². The normalized spacial score (nSPS) is 10.7. The summed E-state index contributed by atoms with van der Waals surface area (Å²) in [7, 11) is 0. The van der Waals surface area contributed by atoms with Crippen molar-refractivity contribution in [1.29, 1.82) is 0 Å². The van der Waals surface area contributed by atoms with Crippen LogP contribution in [0.4, 0.5) is 5.95 Å². The Morgan fingerprint density at radius 2 is 2.11 bits per heavy atom. The molecule has 2 aromatic heterocycles. The molecular weight excluding hydrogens is 226 g/mol. The van der Waals surface area contributed by atoms with Crippen molar-refractivity contribution in [3.05, 3.63) is 41.5 Å². The molecule has 0 unspecified atom stereocenters. The largest absolute Gasteiger partial charge is 0.348 e. The molecule has 94 valence electrons. The summed E-state index contributed by atoms with van der Waals surface area (Å²) in [6.45, 7) is 6.79. The lowest BCUT2D eigenvalue weighted by Crippen LogP contribution is -2.08. The van der Waals surface area contributed by atoms with Gasteiger partial charge in [-0.05, 0) is 31.0 Å². The van der Waals surface area contributed by atoms with Crippen LogP contribution in [0.1, 0.15) is 36.8 Å². The van der Waals surface area contributed by atoms with Crippen LogP contribution in [0.5, 0.6) is 0 Å². The first-order chi connectivity index (χ1) is 8.65. The van der Waals surface area contributed by atoms with Gasteiger partial charge in [-0.1, -0.05) is 13.8 Å². The van der Waals surface area contributed by atoms with Crippen molar-refractivity contribution in [2.75, 3.05) is 5.32 Å². The fraction of sp³-hybridized carbons (Fsp3) is 0.385. The SMILES string of the molecule is Cc1cc(C(C)C)nc(NCc2cccnn2)n1. The zero-order valence-corrected chi connectivity index (χ0v) is 10.9. The Bertz CT molecular complexity index is 510. The Kier molecular flexibility index (Phi) is 3.82. The van der Waals surface area contributed by atoms with Gasteiger partial charge in [-0.25, -0.2) is 9.97 Å². The number of aromatic nitrogens is 4. The van der Waals surface area contributed by atoms with E-state index in [9.17, 15) is 0 Å². The number of rotatable bonds is 4. The highest BCUT2D eigenvalue weighted by molar-refractivity contribution is 5.29. The van der Waals surface area contributed by atoms with Gasteiger partial charge in [-0.15, -0.1) is 0 Å². The molecule has 0 amide bonds. The molecule has 0 atom stereocenters. The quantitative estimate of drug-likeness (QED) is 0.892. The maximum absolute atomic E-state index is 4.48. The van der Waals surface area contributed by atoms with Gasteiger partial charge in [-0.2, -0.15) is 10.2 Å². The molecule has 5 nitrogen and oxygen atoms in total. The molecule has 0 saturated carbocycles. The molecule has 0 aliphatic rings. The molecule has 0 bridgehead atoms. The molecule has 0 radical (unpaired) electrons. The predicted molar refractivity (Wildman–Crippen MR) is 70.2 cm³/mol. The lowest BCUT2D eigenvalue weighted by atomic mass is 10.1. The number of hydrogen-bond acceptors (Lipinski definition) is 5. The second kappa shape index (κ2) is 5.53. The lowest BCUT2D eigenvalue weighted by molar-refractivity contribution is 0.806. The molecule has 18 heavy (non-hydrogen) atoms. The van der Waals surface area contributed by atoms with E-state index in [1.165, 1.54) is 0 Å². The van der Waals surface area contributed by atoms with E-state index in [0.29, 0.717) is 18.4 Å². The molecule has 5 heteroatoms. The van der Waals surface area contributed by atoms with E-state index in [2.05, 4.69) is 39.3 Å². The van der Waals surface area contributed by atoms with Crippen LogP contribution >= 0.6 is 0 Å². The first kappa shape index (κ1) is 12.4. The molecular formula is C13H17N5. The fourth-order valence-corrected chi connectivity index (χ4v) is 1.57. The van der Waals surface area contributed by atoms with Crippen LogP contribution in [0.25, 0.3) is 0 Å². The van der Waals surface area contributed by atoms with Gasteiger partial charge in [-0.3, -0.25) is 0 Å². The standard InChI is InChI=1S/C13H17N5/c1-9(2)12-7-10(3)16-13(17-12)14-8-11-5-4-6-15-18-11/h4-7,9H,8H2,1-3H3,(H,14,16,17). The van der Waals surface area contributed by atoms with Crippen molar-refractivity contribution in [2.24, 2.45) is 0 Å². The molecule has 0 fully saturated rings. The highest BCUT2D eigenvalue weighted by Crippen LogP contribution is 2.14. The van der Waals surface area contributed by atoms with Gasteiger partial charge < -0.3 is 5.32 Å². The third kappa shape index (κ3) is 3.23. The van der Waals surface area contributed by atoms with Crippen LogP contribution in [0.15, 0.2) is 24.4 Å². The average Bonchev–Trinajstić information content (AvgIpc) is 2.37. The van der Waals surface area contributed by atoms with Gasteiger partial charge >= 0.3 is 0 Å². The molecule has 2 aromatic rings. The smallest absolute Gasteiger partial charge is 0.223 e. The minimum Gasteiger partial charge on any atom is -0.348 e. The lowest BCUT2D eigenvalue weighted by Gasteiger charge is -2.09. The predicted octanol–water partition coefficient (Wildman–Crippen LogP) is 2.31. The van der Waals surface area contributed by atoms with E-state index in [1.807, 2.05) is 25.1 Å². The number of nitrogens with zero attached hydrogens (tertiary/aromatic N) is 4. The summed E-state index contributed by atoms with van der Waals surface area (Å²) in [5.41, 5.74) is 2.88. The second-order valence-corrected chi connectivity index (χ2v) is 4.48. The Morgan fingerprint density at radius 1 is 1.28 bits per heavy atom. The monoisotopic (exact) mass is 243 g/mol. The second-order valence-electron chi connectivity index (χ2n) is 4.48. The maximum Gasteiger partial charge on any atom is 0.223 e. The number of anilines is 1. The van der Waals surface area contributed by atoms with Gasteiger partial charge in [0.05, 0.1) is 12.2 Å². The Labute approximate surface area is 107 Å². The number of nitrogens with one attached hydrogen (secondary N) is 1. The zero-order valence-electron chi connectivity index (χ0n) is 10.9. The molecule has 0 aliphatic carbocycles. The molecule has 2 heterocycles. The van der Waals surface area contributed by atoms with Gasteiger partial charge in [0.2, 0.25) is 5.95 Å². The third-order valence-electron chi connectivity index (χ3n) is 2.52. The summed E-state index contributed by atoms with van der Waals surface area (Å²) in [6.07, 6.45) is 1.66. The summed E-state index contributed by atoms with van der Waals surface area (Å²) in [5.74, 6) is 1.04. The summed E-state index contributed by atoms with van der Waals surface area (Å²) in [4.78, 5) is 8.84. The summed E-state index contributed by atoms with van der Waals surface area (Å²) in [5, 5.41) is 11.0. The number of aryl methyl sites for hydroxylation is 1. The van der Waals surface area contributed by atoms with Crippen molar-refractivity contribution in [3.63, 3.8) is 0 Å². The van der Waals surface area contributed by atoms with Crippen LogP contribution < -0.4 is 5.32 Å².